The van der Waals surface area contributed by atoms with Crippen molar-refractivity contribution < 1.29 is 0 Å². The van der Waals surface area contributed by atoms with Gasteiger partial charge in [-0.3, -0.25) is 9.89 Å². The molecule has 3 aromatic heterocycles. The van der Waals surface area contributed by atoms with Crippen LogP contribution in [-0.2, 0) is 5.75 Å². The number of fused-ring (bicyclic) bond motifs is 1. The molecule has 0 aliphatic carbocycles. The first-order valence-electron chi connectivity index (χ1n) is 9.23. The van der Waals surface area contributed by atoms with E-state index in [-0.39, 0.29) is 5.56 Å². The fourth-order valence-corrected chi connectivity index (χ4v) is 4.62. The van der Waals surface area contributed by atoms with Crippen molar-refractivity contribution in [3.05, 3.63) is 82.3 Å². The number of H-pyrrole nitrogens is 1. The summed E-state index contributed by atoms with van der Waals surface area (Å²) in [5, 5.41) is 13.0. The minimum atomic E-state index is -0.190. The Labute approximate surface area is 179 Å². The second-order valence-electron chi connectivity index (χ2n) is 6.68. The summed E-state index contributed by atoms with van der Waals surface area (Å²) in [5.41, 5.74) is 3.60. The largest absolute Gasteiger partial charge is 0.275 e. The second-order valence-corrected chi connectivity index (χ2v) is 8.58. The van der Waals surface area contributed by atoms with Gasteiger partial charge in [-0.25, -0.2) is 9.97 Å². The van der Waals surface area contributed by atoms with Gasteiger partial charge < -0.3 is 0 Å². The molecule has 9 heteroatoms. The van der Waals surface area contributed by atoms with Crippen molar-refractivity contribution in [3.8, 4) is 22.0 Å². The van der Waals surface area contributed by atoms with E-state index in [1.807, 2.05) is 55.5 Å². The van der Waals surface area contributed by atoms with Gasteiger partial charge in [0.2, 0.25) is 10.1 Å². The predicted octanol–water partition coefficient (Wildman–Crippen LogP) is 4.20. The molecule has 7 nitrogen and oxygen atoms in total. The Morgan fingerprint density at radius 3 is 2.70 bits per heavy atom. The molecule has 30 heavy (non-hydrogen) atoms. The highest BCUT2D eigenvalue weighted by atomic mass is 32.2. The van der Waals surface area contributed by atoms with Crippen LogP contribution in [0.4, 0.5) is 0 Å². The molecule has 0 fully saturated rings. The summed E-state index contributed by atoms with van der Waals surface area (Å²) in [6.07, 6.45) is 0. The third-order valence-corrected chi connectivity index (χ3v) is 6.26. The van der Waals surface area contributed by atoms with E-state index in [2.05, 4.69) is 31.3 Å². The van der Waals surface area contributed by atoms with Crippen molar-refractivity contribution in [2.24, 2.45) is 0 Å². The Morgan fingerprint density at radius 1 is 1.03 bits per heavy atom. The second kappa shape index (κ2) is 7.85. The first kappa shape index (κ1) is 18.7. The summed E-state index contributed by atoms with van der Waals surface area (Å²) in [5.74, 6) is 1.22. The molecule has 3 heterocycles. The third-order valence-electron chi connectivity index (χ3n) is 4.42. The maximum absolute atomic E-state index is 12.5. The number of nitrogens with zero attached hydrogens (tertiary/aromatic N) is 5. The van der Waals surface area contributed by atoms with E-state index in [4.69, 9.17) is 0 Å². The van der Waals surface area contributed by atoms with Crippen LogP contribution in [0.2, 0.25) is 0 Å². The Balaban J connectivity index is 1.37. The number of benzene rings is 2. The number of rotatable bonds is 5. The van der Waals surface area contributed by atoms with E-state index >= 15 is 0 Å². The molecule has 0 atom stereocenters. The van der Waals surface area contributed by atoms with Crippen molar-refractivity contribution in [2.75, 3.05) is 0 Å². The van der Waals surface area contributed by atoms with E-state index in [9.17, 15) is 4.79 Å². The van der Waals surface area contributed by atoms with Crippen LogP contribution >= 0.6 is 23.1 Å². The molecule has 0 aliphatic rings. The van der Waals surface area contributed by atoms with Gasteiger partial charge in [-0.05, 0) is 13.0 Å². The molecular weight excluding hydrogens is 416 g/mol. The van der Waals surface area contributed by atoms with Gasteiger partial charge >= 0.3 is 0 Å². The molecule has 0 unspecified atom stereocenters. The first-order chi connectivity index (χ1) is 14.7. The van der Waals surface area contributed by atoms with E-state index in [1.54, 1.807) is 0 Å². The summed E-state index contributed by atoms with van der Waals surface area (Å²) in [4.78, 5) is 22.2. The normalized spacial score (nSPS) is 11.2. The highest BCUT2D eigenvalue weighted by molar-refractivity contribution is 7.98. The van der Waals surface area contributed by atoms with Gasteiger partial charge in [0.25, 0.3) is 5.56 Å². The summed E-state index contributed by atoms with van der Waals surface area (Å²) < 4.78 is 1.35. The number of aromatic nitrogens is 6. The average Bonchev–Trinajstić information content (AvgIpc) is 3.41. The Morgan fingerprint density at radius 2 is 1.87 bits per heavy atom. The van der Waals surface area contributed by atoms with Crippen LogP contribution in [0.1, 0.15) is 11.3 Å². The van der Waals surface area contributed by atoms with Gasteiger partial charge in [-0.1, -0.05) is 77.2 Å². The molecular formula is C21H16N6OS2. The summed E-state index contributed by atoms with van der Waals surface area (Å²) in [7, 11) is 0. The van der Waals surface area contributed by atoms with E-state index in [0.29, 0.717) is 21.6 Å². The molecule has 0 radical (unpaired) electrons. The molecule has 0 spiro atoms. The van der Waals surface area contributed by atoms with Gasteiger partial charge in [0.15, 0.2) is 5.82 Å². The van der Waals surface area contributed by atoms with E-state index in [1.165, 1.54) is 33.7 Å². The zero-order valence-electron chi connectivity index (χ0n) is 15.9. The minimum Gasteiger partial charge on any atom is -0.267 e. The molecule has 0 amide bonds. The molecule has 1 N–H and O–H groups in total. The summed E-state index contributed by atoms with van der Waals surface area (Å²) >= 11 is 2.83. The van der Waals surface area contributed by atoms with Crippen molar-refractivity contribution in [1.82, 2.24) is 29.8 Å². The van der Waals surface area contributed by atoms with Crippen molar-refractivity contribution >= 4 is 28.1 Å². The van der Waals surface area contributed by atoms with E-state index in [0.717, 1.165) is 27.5 Å². The van der Waals surface area contributed by atoms with Gasteiger partial charge in [0, 0.05) is 22.9 Å². The van der Waals surface area contributed by atoms with E-state index < -0.39 is 0 Å². The third kappa shape index (κ3) is 3.77. The fourth-order valence-electron chi connectivity index (χ4n) is 3.00. The SMILES string of the molecule is Cc1cccc(-c2nc(SCc3cc(=O)n4nc(-c5ccccc5)sc4n3)n[nH]2)c1. The molecule has 5 rings (SSSR count). The molecule has 148 valence electrons. The summed E-state index contributed by atoms with van der Waals surface area (Å²) in [6.45, 7) is 2.04. The first-order valence-corrected chi connectivity index (χ1v) is 11.0. The lowest BCUT2D eigenvalue weighted by atomic mass is 10.1. The maximum Gasteiger partial charge on any atom is 0.275 e. The van der Waals surface area contributed by atoms with Crippen molar-refractivity contribution in [3.63, 3.8) is 0 Å². The number of aromatic amines is 1. The smallest absolute Gasteiger partial charge is 0.267 e. The van der Waals surface area contributed by atoms with Gasteiger partial charge in [0.1, 0.15) is 5.01 Å². The Kier molecular flexibility index (Phi) is 4.89. The Bertz CT molecular complexity index is 1390. The molecule has 0 saturated heterocycles. The minimum absolute atomic E-state index is 0.190. The number of hydrogen-bond acceptors (Lipinski definition) is 7. The predicted molar refractivity (Wildman–Crippen MR) is 119 cm³/mol. The van der Waals surface area contributed by atoms with Crippen LogP contribution in [0.15, 0.2) is 70.6 Å². The monoisotopic (exact) mass is 432 g/mol. The number of thioether (sulfide) groups is 1. The molecule has 2 aromatic carbocycles. The molecule has 0 bridgehead atoms. The fraction of sp³-hybridized carbons (Fsp3) is 0.0952. The van der Waals surface area contributed by atoms with Crippen molar-refractivity contribution in [2.45, 2.75) is 17.8 Å². The number of nitrogens with one attached hydrogen (secondary N) is 1. The number of hydrogen-bond donors (Lipinski definition) is 1. The lowest BCUT2D eigenvalue weighted by Gasteiger charge is -1.98. The van der Waals surface area contributed by atoms with Crippen LogP contribution in [-0.4, -0.2) is 29.8 Å². The standard InChI is InChI=1S/C21H16N6OS2/c1-13-6-5-9-15(10-13)18-23-20(25-24-18)29-12-16-11-17(28)27-21(22-16)30-19(26-27)14-7-3-2-4-8-14/h2-11H,12H2,1H3,(H,23,24,25). The maximum atomic E-state index is 12.5. The zero-order valence-corrected chi connectivity index (χ0v) is 17.6. The topological polar surface area (TPSA) is 88.8 Å². The number of aryl methyl sites for hydroxylation is 1. The van der Waals surface area contributed by atoms with Crippen LogP contribution < -0.4 is 5.56 Å². The molecule has 5 aromatic rings. The average molecular weight is 433 g/mol. The lowest BCUT2D eigenvalue weighted by molar-refractivity contribution is 0.891. The summed E-state index contributed by atoms with van der Waals surface area (Å²) in [6, 6.07) is 19.4. The van der Waals surface area contributed by atoms with Crippen LogP contribution in [0.3, 0.4) is 0 Å². The zero-order chi connectivity index (χ0) is 20.5. The quantitative estimate of drug-likeness (QED) is 0.419. The van der Waals surface area contributed by atoms with Crippen LogP contribution in [0, 0.1) is 6.92 Å². The van der Waals surface area contributed by atoms with Gasteiger partial charge in [0.05, 0.1) is 5.69 Å². The van der Waals surface area contributed by atoms with Crippen LogP contribution in [0.25, 0.3) is 26.9 Å². The molecule has 0 saturated carbocycles. The highest BCUT2D eigenvalue weighted by Gasteiger charge is 2.12. The highest BCUT2D eigenvalue weighted by Crippen LogP contribution is 2.25. The Hall–Kier alpha value is -3.30. The molecule has 0 aliphatic heterocycles. The van der Waals surface area contributed by atoms with Gasteiger partial charge in [-0.15, -0.1) is 5.10 Å². The van der Waals surface area contributed by atoms with Crippen LogP contribution in [0.5, 0.6) is 0 Å². The van der Waals surface area contributed by atoms with Gasteiger partial charge in [-0.2, -0.15) is 9.61 Å². The van der Waals surface area contributed by atoms with Crippen molar-refractivity contribution in [1.29, 1.82) is 0 Å². The lowest BCUT2D eigenvalue weighted by Crippen LogP contribution is -2.15.